The minimum absolute atomic E-state index is 0.124. The summed E-state index contributed by atoms with van der Waals surface area (Å²) in [5.74, 6) is 0.401. The third-order valence-electron chi connectivity index (χ3n) is 2.80. The molecule has 0 spiro atoms. The van der Waals surface area contributed by atoms with Gasteiger partial charge in [-0.1, -0.05) is 18.2 Å². The fraction of sp³-hybridized carbons (Fsp3) is 0.333. The van der Waals surface area contributed by atoms with Gasteiger partial charge in [-0.2, -0.15) is 0 Å². The molecule has 68 valence electrons. The minimum atomic E-state index is -0.124. The second-order valence-corrected chi connectivity index (χ2v) is 3.86. The predicted octanol–water partition coefficient (Wildman–Crippen LogP) is 3.12. The van der Waals surface area contributed by atoms with Crippen molar-refractivity contribution in [1.82, 2.24) is 0 Å². The first kappa shape index (κ1) is 8.49. The van der Waals surface area contributed by atoms with E-state index in [0.29, 0.717) is 5.92 Å². The van der Waals surface area contributed by atoms with E-state index in [2.05, 4.69) is 6.58 Å². The van der Waals surface area contributed by atoms with Gasteiger partial charge in [0.15, 0.2) is 0 Å². The van der Waals surface area contributed by atoms with E-state index in [9.17, 15) is 4.39 Å². The summed E-state index contributed by atoms with van der Waals surface area (Å²) in [6, 6.07) is 5.09. The fourth-order valence-corrected chi connectivity index (χ4v) is 1.94. The van der Waals surface area contributed by atoms with Gasteiger partial charge in [-0.15, -0.1) is 0 Å². The standard InChI is InChI=1S/C12H13F/c1-8(2)10-5-9-3-4-12(13)7-11(9)6-10/h3-4,7,10H,1,5-6H2,2H3. The van der Waals surface area contributed by atoms with Crippen molar-refractivity contribution in [1.29, 1.82) is 0 Å². The zero-order valence-electron chi connectivity index (χ0n) is 7.81. The summed E-state index contributed by atoms with van der Waals surface area (Å²) in [5, 5.41) is 0. The third kappa shape index (κ3) is 1.51. The van der Waals surface area contributed by atoms with E-state index >= 15 is 0 Å². The molecular formula is C12H13F. The van der Waals surface area contributed by atoms with Crippen molar-refractivity contribution in [3.8, 4) is 0 Å². The molecule has 1 atom stereocenters. The summed E-state index contributed by atoms with van der Waals surface area (Å²) < 4.78 is 12.9. The maximum Gasteiger partial charge on any atom is 0.123 e. The molecule has 0 N–H and O–H groups in total. The summed E-state index contributed by atoms with van der Waals surface area (Å²) in [6.45, 7) is 6.00. The van der Waals surface area contributed by atoms with Gasteiger partial charge in [0.2, 0.25) is 0 Å². The van der Waals surface area contributed by atoms with Crippen LogP contribution in [0.25, 0.3) is 0 Å². The molecule has 1 aromatic rings. The summed E-state index contributed by atoms with van der Waals surface area (Å²) in [6.07, 6.45) is 1.99. The number of allylic oxidation sites excluding steroid dienone is 1. The van der Waals surface area contributed by atoms with Crippen molar-refractivity contribution in [2.45, 2.75) is 19.8 Å². The molecule has 0 aromatic heterocycles. The van der Waals surface area contributed by atoms with Gasteiger partial charge < -0.3 is 0 Å². The first-order valence-corrected chi connectivity index (χ1v) is 4.59. The fourth-order valence-electron chi connectivity index (χ4n) is 1.94. The average molecular weight is 176 g/mol. The number of rotatable bonds is 1. The summed E-state index contributed by atoms with van der Waals surface area (Å²) >= 11 is 0. The van der Waals surface area contributed by atoms with Crippen LogP contribution in [0.4, 0.5) is 4.39 Å². The van der Waals surface area contributed by atoms with Gasteiger partial charge in [0.1, 0.15) is 5.82 Å². The Morgan fingerprint density at radius 3 is 2.77 bits per heavy atom. The minimum Gasteiger partial charge on any atom is -0.207 e. The van der Waals surface area contributed by atoms with Crippen molar-refractivity contribution in [3.05, 3.63) is 47.3 Å². The summed E-state index contributed by atoms with van der Waals surface area (Å²) in [4.78, 5) is 0. The third-order valence-corrected chi connectivity index (χ3v) is 2.80. The molecule has 1 aliphatic rings. The lowest BCUT2D eigenvalue weighted by Gasteiger charge is -2.06. The van der Waals surface area contributed by atoms with Crippen LogP contribution in [0.15, 0.2) is 30.4 Å². The Labute approximate surface area is 78.1 Å². The molecule has 1 unspecified atom stereocenters. The molecule has 13 heavy (non-hydrogen) atoms. The maximum absolute atomic E-state index is 12.9. The zero-order chi connectivity index (χ0) is 9.42. The summed E-state index contributed by atoms with van der Waals surface area (Å²) in [7, 11) is 0. The highest BCUT2D eigenvalue weighted by molar-refractivity contribution is 5.35. The van der Waals surface area contributed by atoms with Crippen molar-refractivity contribution in [2.75, 3.05) is 0 Å². The lowest BCUT2D eigenvalue weighted by molar-refractivity contribution is 0.624. The molecule has 0 bridgehead atoms. The van der Waals surface area contributed by atoms with E-state index in [-0.39, 0.29) is 5.82 Å². The normalized spacial score (nSPS) is 20.0. The predicted molar refractivity (Wildman–Crippen MR) is 52.1 cm³/mol. The van der Waals surface area contributed by atoms with Crippen LogP contribution in [0.2, 0.25) is 0 Å². The van der Waals surface area contributed by atoms with Crippen LogP contribution < -0.4 is 0 Å². The van der Waals surface area contributed by atoms with Gasteiger partial charge in [-0.05, 0) is 48.9 Å². The summed E-state index contributed by atoms with van der Waals surface area (Å²) in [5.41, 5.74) is 3.65. The van der Waals surface area contributed by atoms with Crippen molar-refractivity contribution in [3.63, 3.8) is 0 Å². The Balaban J connectivity index is 2.30. The van der Waals surface area contributed by atoms with E-state index < -0.39 is 0 Å². The lowest BCUT2D eigenvalue weighted by atomic mass is 9.99. The molecule has 0 heterocycles. The van der Waals surface area contributed by atoms with E-state index in [1.165, 1.54) is 11.1 Å². The highest BCUT2D eigenvalue weighted by atomic mass is 19.1. The number of halogens is 1. The van der Waals surface area contributed by atoms with E-state index in [1.807, 2.05) is 13.0 Å². The second kappa shape index (κ2) is 2.99. The smallest absolute Gasteiger partial charge is 0.123 e. The number of hydrogen-bond donors (Lipinski definition) is 0. The quantitative estimate of drug-likeness (QED) is 0.577. The van der Waals surface area contributed by atoms with Gasteiger partial charge in [-0.3, -0.25) is 0 Å². The van der Waals surface area contributed by atoms with Crippen LogP contribution in [-0.2, 0) is 12.8 Å². The Kier molecular flexibility index (Phi) is 1.95. The van der Waals surface area contributed by atoms with Crippen LogP contribution in [0.3, 0.4) is 0 Å². The molecular weight excluding hydrogens is 163 g/mol. The Morgan fingerprint density at radius 1 is 1.38 bits per heavy atom. The maximum atomic E-state index is 12.9. The van der Waals surface area contributed by atoms with Crippen LogP contribution in [0.1, 0.15) is 18.1 Å². The molecule has 0 radical (unpaired) electrons. The van der Waals surface area contributed by atoms with E-state index in [4.69, 9.17) is 0 Å². The SMILES string of the molecule is C=C(C)C1Cc2ccc(F)cc2C1. The zero-order valence-corrected chi connectivity index (χ0v) is 7.81. The van der Waals surface area contributed by atoms with Gasteiger partial charge in [-0.25, -0.2) is 4.39 Å². The lowest BCUT2D eigenvalue weighted by Crippen LogP contribution is -1.99. The van der Waals surface area contributed by atoms with Crippen molar-refractivity contribution < 1.29 is 4.39 Å². The second-order valence-electron chi connectivity index (χ2n) is 3.86. The van der Waals surface area contributed by atoms with Crippen LogP contribution in [0, 0.1) is 11.7 Å². The van der Waals surface area contributed by atoms with Gasteiger partial charge in [0, 0.05) is 0 Å². The van der Waals surface area contributed by atoms with Gasteiger partial charge >= 0.3 is 0 Å². The molecule has 1 heteroatoms. The highest BCUT2D eigenvalue weighted by Crippen LogP contribution is 2.30. The Bertz CT molecular complexity index is 352. The molecule has 0 fully saturated rings. The van der Waals surface area contributed by atoms with Crippen molar-refractivity contribution >= 4 is 0 Å². The first-order valence-electron chi connectivity index (χ1n) is 4.59. The van der Waals surface area contributed by atoms with Crippen molar-refractivity contribution in [2.24, 2.45) is 5.92 Å². The highest BCUT2D eigenvalue weighted by Gasteiger charge is 2.21. The van der Waals surface area contributed by atoms with Crippen LogP contribution >= 0.6 is 0 Å². The molecule has 0 saturated heterocycles. The van der Waals surface area contributed by atoms with Crippen LogP contribution in [-0.4, -0.2) is 0 Å². The molecule has 0 amide bonds. The first-order chi connectivity index (χ1) is 6.16. The van der Waals surface area contributed by atoms with Gasteiger partial charge in [0.05, 0.1) is 0 Å². The molecule has 2 rings (SSSR count). The number of fused-ring (bicyclic) bond motifs is 1. The molecule has 0 saturated carbocycles. The monoisotopic (exact) mass is 176 g/mol. The number of hydrogen-bond acceptors (Lipinski definition) is 0. The topological polar surface area (TPSA) is 0 Å². The molecule has 0 nitrogen and oxygen atoms in total. The largest absolute Gasteiger partial charge is 0.207 e. The Hall–Kier alpha value is -1.11. The van der Waals surface area contributed by atoms with Gasteiger partial charge in [0.25, 0.3) is 0 Å². The molecule has 1 aromatic carbocycles. The molecule has 0 aliphatic heterocycles. The average Bonchev–Trinajstić information content (AvgIpc) is 2.46. The van der Waals surface area contributed by atoms with Crippen LogP contribution in [0.5, 0.6) is 0 Å². The number of benzene rings is 1. The van der Waals surface area contributed by atoms with E-state index in [1.54, 1.807) is 12.1 Å². The van der Waals surface area contributed by atoms with E-state index in [0.717, 1.165) is 18.4 Å². The molecule has 1 aliphatic carbocycles. The Morgan fingerprint density at radius 2 is 2.08 bits per heavy atom.